The minimum absolute atomic E-state index is 0.331. The van der Waals surface area contributed by atoms with Crippen LogP contribution >= 0.6 is 0 Å². The van der Waals surface area contributed by atoms with Gasteiger partial charge >= 0.3 is 11.7 Å². The molecule has 4 rings (SSSR count). The molecule has 8 nitrogen and oxygen atoms in total. The quantitative estimate of drug-likeness (QED) is 0.497. The lowest BCUT2D eigenvalue weighted by molar-refractivity contribution is 0.259. The van der Waals surface area contributed by atoms with Crippen LogP contribution in [0.5, 0.6) is 0 Å². The van der Waals surface area contributed by atoms with Gasteiger partial charge in [0.25, 0.3) is 5.56 Å². The van der Waals surface area contributed by atoms with Gasteiger partial charge < -0.3 is 16.0 Å². The molecule has 8 heteroatoms. The SMILES string of the molecule is NC(=O)Nc1ccc2c(=O)n(CCCCN3CC=C(c4ccccc4)CC3)c(=O)[nH]c2c1. The van der Waals surface area contributed by atoms with Crippen LogP contribution in [0.4, 0.5) is 10.5 Å². The molecule has 0 spiro atoms. The zero-order valence-corrected chi connectivity index (χ0v) is 17.8. The van der Waals surface area contributed by atoms with Gasteiger partial charge in [-0.2, -0.15) is 0 Å². The molecule has 0 aliphatic carbocycles. The van der Waals surface area contributed by atoms with Crippen molar-refractivity contribution in [1.82, 2.24) is 14.5 Å². The first-order chi connectivity index (χ1) is 15.5. The van der Waals surface area contributed by atoms with E-state index in [1.54, 1.807) is 12.1 Å². The second kappa shape index (κ2) is 9.65. The Labute approximate surface area is 185 Å². The number of hydrogen-bond donors (Lipinski definition) is 3. The second-order valence-electron chi connectivity index (χ2n) is 7.99. The standard InChI is InChI=1S/C24H27N5O3/c25-23(31)26-19-8-9-20-21(16-19)27-24(32)29(22(20)30)13-5-4-12-28-14-10-18(11-15-28)17-6-2-1-3-7-17/h1-3,6-10,16H,4-5,11-15H2,(H,27,32)(H3,25,26,31). The van der Waals surface area contributed by atoms with Gasteiger partial charge in [-0.1, -0.05) is 36.4 Å². The number of rotatable bonds is 7. The van der Waals surface area contributed by atoms with Crippen molar-refractivity contribution in [2.24, 2.45) is 5.73 Å². The molecule has 2 amide bonds. The Balaban J connectivity index is 1.34. The Morgan fingerprint density at radius 2 is 1.84 bits per heavy atom. The van der Waals surface area contributed by atoms with Gasteiger partial charge in [0.1, 0.15) is 0 Å². The Morgan fingerprint density at radius 3 is 2.56 bits per heavy atom. The minimum atomic E-state index is -0.708. The van der Waals surface area contributed by atoms with Crippen LogP contribution in [0.25, 0.3) is 16.5 Å². The number of urea groups is 1. The van der Waals surface area contributed by atoms with Crippen LogP contribution < -0.4 is 22.3 Å². The lowest BCUT2D eigenvalue weighted by Crippen LogP contribution is -2.35. The predicted octanol–water partition coefficient (Wildman–Crippen LogP) is 2.75. The van der Waals surface area contributed by atoms with Crippen molar-refractivity contribution in [2.75, 3.05) is 25.0 Å². The Hall–Kier alpha value is -3.65. The molecule has 0 atom stereocenters. The van der Waals surface area contributed by atoms with Gasteiger partial charge in [-0.3, -0.25) is 14.3 Å². The highest BCUT2D eigenvalue weighted by Crippen LogP contribution is 2.22. The fraction of sp³-hybridized carbons (Fsp3) is 0.292. The van der Waals surface area contributed by atoms with Gasteiger partial charge in [0.15, 0.2) is 0 Å². The third kappa shape index (κ3) is 4.97. The van der Waals surface area contributed by atoms with E-state index in [9.17, 15) is 14.4 Å². The largest absolute Gasteiger partial charge is 0.351 e. The van der Waals surface area contributed by atoms with E-state index in [0.29, 0.717) is 23.1 Å². The number of unbranched alkanes of at least 4 members (excludes halogenated alkanes) is 1. The van der Waals surface area contributed by atoms with Crippen LogP contribution in [0, 0.1) is 0 Å². The summed E-state index contributed by atoms with van der Waals surface area (Å²) in [5.41, 5.74) is 7.81. The maximum Gasteiger partial charge on any atom is 0.328 e. The van der Waals surface area contributed by atoms with E-state index >= 15 is 0 Å². The number of anilines is 1. The number of benzene rings is 2. The fourth-order valence-corrected chi connectivity index (χ4v) is 4.11. The first-order valence-electron chi connectivity index (χ1n) is 10.8. The molecule has 0 fully saturated rings. The lowest BCUT2D eigenvalue weighted by atomic mass is 9.99. The molecule has 2 aromatic carbocycles. The Kier molecular flexibility index (Phi) is 6.51. The van der Waals surface area contributed by atoms with Crippen molar-refractivity contribution in [3.63, 3.8) is 0 Å². The van der Waals surface area contributed by atoms with Gasteiger partial charge in [-0.15, -0.1) is 0 Å². The van der Waals surface area contributed by atoms with E-state index in [0.717, 1.165) is 38.9 Å². The average molecular weight is 434 g/mol. The molecule has 0 radical (unpaired) electrons. The van der Waals surface area contributed by atoms with Gasteiger partial charge in [-0.25, -0.2) is 9.59 Å². The smallest absolute Gasteiger partial charge is 0.328 e. The maximum atomic E-state index is 12.8. The van der Waals surface area contributed by atoms with Crippen molar-refractivity contribution in [3.05, 3.63) is 81.0 Å². The van der Waals surface area contributed by atoms with Crippen LogP contribution in [0.1, 0.15) is 24.8 Å². The average Bonchev–Trinajstić information content (AvgIpc) is 2.79. The van der Waals surface area contributed by atoms with E-state index in [1.807, 2.05) is 6.07 Å². The molecule has 1 aliphatic heterocycles. The fourth-order valence-electron chi connectivity index (χ4n) is 4.11. The zero-order chi connectivity index (χ0) is 22.5. The summed E-state index contributed by atoms with van der Waals surface area (Å²) in [6, 6.07) is 14.5. The number of amides is 2. The van der Waals surface area contributed by atoms with E-state index in [2.05, 4.69) is 45.5 Å². The zero-order valence-electron chi connectivity index (χ0n) is 17.8. The molecule has 32 heavy (non-hydrogen) atoms. The first-order valence-corrected chi connectivity index (χ1v) is 10.8. The summed E-state index contributed by atoms with van der Waals surface area (Å²) < 4.78 is 1.24. The number of carbonyl (C=O) groups excluding carboxylic acids is 1. The summed E-state index contributed by atoms with van der Waals surface area (Å²) in [6.45, 7) is 3.23. The molecule has 1 aromatic heterocycles. The number of H-pyrrole nitrogens is 1. The topological polar surface area (TPSA) is 113 Å². The predicted molar refractivity (Wildman–Crippen MR) is 127 cm³/mol. The Bertz CT molecular complexity index is 1260. The normalized spacial score (nSPS) is 14.3. The molecule has 2 heterocycles. The number of primary amides is 1. The van der Waals surface area contributed by atoms with Crippen molar-refractivity contribution >= 4 is 28.2 Å². The molecule has 0 saturated heterocycles. The van der Waals surface area contributed by atoms with Crippen molar-refractivity contribution < 1.29 is 4.79 Å². The monoisotopic (exact) mass is 433 g/mol. The number of carbonyl (C=O) groups is 1. The summed E-state index contributed by atoms with van der Waals surface area (Å²) in [5.74, 6) is 0. The van der Waals surface area contributed by atoms with Crippen LogP contribution in [-0.2, 0) is 6.54 Å². The van der Waals surface area contributed by atoms with Gasteiger partial charge in [0.2, 0.25) is 0 Å². The van der Waals surface area contributed by atoms with Crippen molar-refractivity contribution in [1.29, 1.82) is 0 Å². The number of aromatic amines is 1. The Morgan fingerprint density at radius 1 is 1.06 bits per heavy atom. The van der Waals surface area contributed by atoms with E-state index in [4.69, 9.17) is 5.73 Å². The molecular weight excluding hydrogens is 406 g/mol. The number of aromatic nitrogens is 2. The summed E-state index contributed by atoms with van der Waals surface area (Å²) >= 11 is 0. The highest BCUT2D eigenvalue weighted by Gasteiger charge is 2.13. The summed E-state index contributed by atoms with van der Waals surface area (Å²) in [7, 11) is 0. The lowest BCUT2D eigenvalue weighted by Gasteiger charge is -2.26. The second-order valence-corrected chi connectivity index (χ2v) is 7.99. The van der Waals surface area contributed by atoms with E-state index < -0.39 is 11.7 Å². The number of fused-ring (bicyclic) bond motifs is 1. The summed E-state index contributed by atoms with van der Waals surface area (Å²) in [5, 5.41) is 2.83. The van der Waals surface area contributed by atoms with E-state index in [-0.39, 0.29) is 5.56 Å². The van der Waals surface area contributed by atoms with Gasteiger partial charge in [-0.05, 0) is 55.1 Å². The number of nitrogens with one attached hydrogen (secondary N) is 2. The first kappa shape index (κ1) is 21.6. The molecule has 0 bridgehead atoms. The maximum absolute atomic E-state index is 12.8. The van der Waals surface area contributed by atoms with Crippen LogP contribution in [0.2, 0.25) is 0 Å². The van der Waals surface area contributed by atoms with Gasteiger partial charge in [0, 0.05) is 25.3 Å². The van der Waals surface area contributed by atoms with Crippen LogP contribution in [0.3, 0.4) is 0 Å². The van der Waals surface area contributed by atoms with Crippen molar-refractivity contribution in [3.8, 4) is 0 Å². The molecule has 1 aliphatic rings. The van der Waals surface area contributed by atoms with E-state index in [1.165, 1.54) is 21.8 Å². The third-order valence-electron chi connectivity index (χ3n) is 5.79. The number of hydrogen-bond acceptors (Lipinski definition) is 4. The number of nitrogens with two attached hydrogens (primary N) is 1. The summed E-state index contributed by atoms with van der Waals surface area (Å²) in [6.07, 6.45) is 4.96. The highest BCUT2D eigenvalue weighted by atomic mass is 16.2. The third-order valence-corrected chi connectivity index (χ3v) is 5.79. The minimum Gasteiger partial charge on any atom is -0.351 e. The molecule has 3 aromatic rings. The highest BCUT2D eigenvalue weighted by molar-refractivity contribution is 5.91. The van der Waals surface area contributed by atoms with Crippen LogP contribution in [-0.4, -0.2) is 40.1 Å². The molecule has 0 unspecified atom stereocenters. The van der Waals surface area contributed by atoms with Gasteiger partial charge in [0.05, 0.1) is 10.9 Å². The molecule has 0 saturated carbocycles. The molecular formula is C24H27N5O3. The van der Waals surface area contributed by atoms with Crippen LogP contribution in [0.15, 0.2) is 64.2 Å². The number of nitrogens with zero attached hydrogens (tertiary/aromatic N) is 2. The molecule has 166 valence electrons. The molecule has 4 N–H and O–H groups in total. The summed E-state index contributed by atoms with van der Waals surface area (Å²) in [4.78, 5) is 41.3. The van der Waals surface area contributed by atoms with Crippen molar-refractivity contribution in [2.45, 2.75) is 25.8 Å².